The van der Waals surface area contributed by atoms with Gasteiger partial charge in [-0.3, -0.25) is 4.90 Å². The number of methoxy groups -OCH3 is 1. The normalized spacial score (nSPS) is 16.9. The number of carboxylic acids is 1. The maximum absolute atomic E-state index is 11.3. The second kappa shape index (κ2) is 12.0. The summed E-state index contributed by atoms with van der Waals surface area (Å²) in [6.45, 7) is 4.47. The van der Waals surface area contributed by atoms with Gasteiger partial charge in [0, 0.05) is 49.5 Å². The summed E-state index contributed by atoms with van der Waals surface area (Å²) in [5.74, 6) is -0.616. The van der Waals surface area contributed by atoms with Crippen molar-refractivity contribution in [3.05, 3.63) is 47.0 Å². The minimum atomic E-state index is -5.08. The number of fused-ring (bicyclic) bond motifs is 1. The number of anilines is 1. The lowest BCUT2D eigenvalue weighted by molar-refractivity contribution is -0.192. The number of halogens is 4. The number of piperidine rings is 1. The van der Waals surface area contributed by atoms with Crippen molar-refractivity contribution in [3.63, 3.8) is 0 Å². The number of carboxylic acid groups (broad SMARTS) is 1. The minimum absolute atomic E-state index is 0.129. The average Bonchev–Trinajstić information content (AvgIpc) is 3.19. The van der Waals surface area contributed by atoms with E-state index in [1.807, 2.05) is 18.2 Å². The molecule has 0 bridgehead atoms. The van der Waals surface area contributed by atoms with Gasteiger partial charge in [0.2, 0.25) is 0 Å². The van der Waals surface area contributed by atoms with Crippen molar-refractivity contribution >= 4 is 29.3 Å². The van der Waals surface area contributed by atoms with E-state index in [-0.39, 0.29) is 11.6 Å². The van der Waals surface area contributed by atoms with Gasteiger partial charge in [0.05, 0.1) is 12.8 Å². The number of nitrogens with two attached hydrogens (primary N) is 1. The molecule has 1 fully saturated rings. The highest BCUT2D eigenvalue weighted by Crippen LogP contribution is 2.42. The molecule has 2 aliphatic heterocycles. The van der Waals surface area contributed by atoms with E-state index in [9.17, 15) is 18.0 Å². The molecule has 1 saturated heterocycles. The van der Waals surface area contributed by atoms with Gasteiger partial charge in [-0.2, -0.15) is 13.2 Å². The summed E-state index contributed by atoms with van der Waals surface area (Å²) in [5.41, 5.74) is 6.86. The second-order valence-corrected chi connectivity index (χ2v) is 9.50. The Balaban J connectivity index is 0.000000505. The summed E-state index contributed by atoms with van der Waals surface area (Å²) in [5, 5.41) is 10.5. The molecule has 2 aliphatic rings. The highest BCUT2D eigenvalue weighted by molar-refractivity contribution is 6.30. The Kier molecular flexibility index (Phi) is 9.21. The molecule has 1 unspecified atom stereocenters. The van der Waals surface area contributed by atoms with Crippen LogP contribution in [0.3, 0.4) is 0 Å². The zero-order valence-corrected chi connectivity index (χ0v) is 21.6. The van der Waals surface area contributed by atoms with Crippen LogP contribution in [0, 0.1) is 0 Å². The lowest BCUT2D eigenvalue weighted by atomic mass is 9.86. The standard InChI is InChI=1S/C23H28ClN3O4.C2HF3O2/c1-15(14-30-21-12-18(29-2)4-5-19(21)26-22(25)28)27-9-7-23(8-10-27)13-16-11-17(24)3-6-20(16)31-23;3-2(4,5)1(6)7/h3-6,11-12,15H,7-10,13-14H2,1-2H3,(H3,25,26,28);(H,6,7). The summed E-state index contributed by atoms with van der Waals surface area (Å²) < 4.78 is 49.4. The fraction of sp³-hybridized carbons (Fsp3) is 0.440. The van der Waals surface area contributed by atoms with E-state index in [0.29, 0.717) is 23.8 Å². The van der Waals surface area contributed by atoms with Crippen LogP contribution in [0.4, 0.5) is 23.7 Å². The Hall–Kier alpha value is -3.38. The van der Waals surface area contributed by atoms with Crippen molar-refractivity contribution in [3.8, 4) is 17.2 Å². The van der Waals surface area contributed by atoms with Gasteiger partial charge in [-0.25, -0.2) is 9.59 Å². The lowest BCUT2D eigenvalue weighted by Gasteiger charge is -2.41. The number of carbonyl (C=O) groups excluding carboxylic acids is 1. The van der Waals surface area contributed by atoms with Crippen LogP contribution in [0.1, 0.15) is 25.3 Å². The number of nitrogens with zero attached hydrogens (tertiary/aromatic N) is 1. The summed E-state index contributed by atoms with van der Waals surface area (Å²) in [4.78, 5) is 22.6. The Morgan fingerprint density at radius 2 is 1.89 bits per heavy atom. The fourth-order valence-electron chi connectivity index (χ4n) is 4.35. The molecule has 13 heteroatoms. The summed E-state index contributed by atoms with van der Waals surface area (Å²) >= 11 is 6.14. The number of ether oxygens (including phenoxy) is 3. The van der Waals surface area contributed by atoms with Crippen LogP contribution in [0.2, 0.25) is 5.02 Å². The summed E-state index contributed by atoms with van der Waals surface area (Å²) in [6, 6.07) is 10.6. The van der Waals surface area contributed by atoms with Gasteiger partial charge < -0.3 is 30.4 Å². The van der Waals surface area contributed by atoms with Crippen LogP contribution in [0.25, 0.3) is 0 Å². The third-order valence-electron chi connectivity index (χ3n) is 6.36. The van der Waals surface area contributed by atoms with E-state index in [0.717, 1.165) is 43.1 Å². The molecule has 2 aromatic rings. The van der Waals surface area contributed by atoms with Crippen molar-refractivity contribution in [2.75, 3.05) is 32.1 Å². The van der Waals surface area contributed by atoms with Crippen LogP contribution in [-0.4, -0.2) is 66.6 Å². The Bertz CT molecular complexity index is 1160. The second-order valence-electron chi connectivity index (χ2n) is 9.06. The first-order valence-electron chi connectivity index (χ1n) is 11.7. The Labute approximate surface area is 222 Å². The molecule has 4 N–H and O–H groups in total. The predicted molar refractivity (Wildman–Crippen MR) is 134 cm³/mol. The Morgan fingerprint density at radius 1 is 1.24 bits per heavy atom. The number of aliphatic carboxylic acids is 1. The van der Waals surface area contributed by atoms with Gasteiger partial charge in [0.15, 0.2) is 0 Å². The highest BCUT2D eigenvalue weighted by atomic mass is 35.5. The van der Waals surface area contributed by atoms with Crippen LogP contribution in [-0.2, 0) is 11.2 Å². The van der Waals surface area contributed by atoms with Gasteiger partial charge in [-0.05, 0) is 42.8 Å². The molecule has 0 aromatic heterocycles. The third-order valence-corrected chi connectivity index (χ3v) is 6.60. The van der Waals surface area contributed by atoms with Crippen molar-refractivity contribution in [2.45, 2.75) is 44.0 Å². The number of rotatable bonds is 6. The molecule has 38 heavy (non-hydrogen) atoms. The smallest absolute Gasteiger partial charge is 0.490 e. The van der Waals surface area contributed by atoms with Crippen molar-refractivity contribution in [1.82, 2.24) is 4.90 Å². The number of likely N-dealkylation sites (tertiary alicyclic amines) is 1. The largest absolute Gasteiger partial charge is 0.497 e. The molecular formula is C25H29ClF3N3O6. The molecule has 1 atom stereocenters. The first-order valence-corrected chi connectivity index (χ1v) is 12.1. The maximum atomic E-state index is 11.3. The zero-order valence-electron chi connectivity index (χ0n) is 20.8. The molecule has 2 heterocycles. The number of carbonyl (C=O) groups is 2. The van der Waals surface area contributed by atoms with E-state index in [4.69, 9.17) is 41.4 Å². The molecule has 9 nitrogen and oxygen atoms in total. The number of primary amides is 1. The van der Waals surface area contributed by atoms with E-state index < -0.39 is 18.2 Å². The number of nitrogens with one attached hydrogen (secondary N) is 1. The predicted octanol–water partition coefficient (Wildman–Crippen LogP) is 4.71. The molecule has 0 radical (unpaired) electrons. The van der Waals surface area contributed by atoms with E-state index in [2.05, 4.69) is 17.1 Å². The van der Waals surface area contributed by atoms with Crippen LogP contribution in [0.15, 0.2) is 36.4 Å². The lowest BCUT2D eigenvalue weighted by Crippen LogP contribution is -2.51. The number of hydrogen-bond donors (Lipinski definition) is 3. The van der Waals surface area contributed by atoms with Crippen molar-refractivity contribution in [2.24, 2.45) is 5.73 Å². The number of alkyl halides is 3. The molecule has 2 aromatic carbocycles. The number of benzene rings is 2. The van der Waals surface area contributed by atoms with Crippen molar-refractivity contribution < 1.29 is 42.1 Å². The molecule has 0 aliphatic carbocycles. The van der Waals surface area contributed by atoms with E-state index >= 15 is 0 Å². The Morgan fingerprint density at radius 3 is 2.47 bits per heavy atom. The maximum Gasteiger partial charge on any atom is 0.490 e. The molecule has 0 saturated carbocycles. The first-order chi connectivity index (χ1) is 17.8. The quantitative estimate of drug-likeness (QED) is 0.468. The summed E-state index contributed by atoms with van der Waals surface area (Å²) in [6.07, 6.45) is -2.26. The SMILES string of the molecule is COc1ccc(NC(N)=O)c(OCC(C)N2CCC3(CC2)Cc2cc(Cl)ccc2O3)c1.O=C(O)C(F)(F)F. The topological polar surface area (TPSA) is 123 Å². The molecular weight excluding hydrogens is 531 g/mol. The van der Waals surface area contributed by atoms with Crippen molar-refractivity contribution in [1.29, 1.82) is 0 Å². The number of amides is 2. The number of urea groups is 1. The fourth-order valence-corrected chi connectivity index (χ4v) is 4.55. The van der Waals surface area contributed by atoms with Gasteiger partial charge in [-0.15, -0.1) is 0 Å². The highest BCUT2D eigenvalue weighted by Gasteiger charge is 2.42. The molecule has 4 rings (SSSR count). The number of hydrogen-bond acceptors (Lipinski definition) is 6. The average molecular weight is 560 g/mol. The van der Waals surface area contributed by atoms with Crippen LogP contribution < -0.4 is 25.3 Å². The molecule has 2 amide bonds. The van der Waals surface area contributed by atoms with Crippen LogP contribution >= 0.6 is 11.6 Å². The van der Waals surface area contributed by atoms with Crippen LogP contribution in [0.5, 0.6) is 17.2 Å². The van der Waals surface area contributed by atoms with E-state index in [1.165, 1.54) is 5.56 Å². The molecule has 1 spiro atoms. The zero-order chi connectivity index (χ0) is 28.1. The monoisotopic (exact) mass is 559 g/mol. The van der Waals surface area contributed by atoms with Gasteiger partial charge in [-0.1, -0.05) is 11.6 Å². The summed E-state index contributed by atoms with van der Waals surface area (Å²) in [7, 11) is 1.59. The minimum Gasteiger partial charge on any atom is -0.497 e. The van der Waals surface area contributed by atoms with E-state index in [1.54, 1.807) is 25.3 Å². The van der Waals surface area contributed by atoms with Gasteiger partial charge in [0.25, 0.3) is 0 Å². The molecule has 208 valence electrons. The first kappa shape index (κ1) is 29.2. The van der Waals surface area contributed by atoms with Gasteiger partial charge >= 0.3 is 18.2 Å². The van der Waals surface area contributed by atoms with Gasteiger partial charge in [0.1, 0.15) is 29.5 Å². The third kappa shape index (κ3) is 7.57.